The van der Waals surface area contributed by atoms with Crippen molar-refractivity contribution in [1.82, 2.24) is 5.32 Å². The van der Waals surface area contributed by atoms with Gasteiger partial charge in [-0.25, -0.2) is 0 Å². The second-order valence-electron chi connectivity index (χ2n) is 5.13. The van der Waals surface area contributed by atoms with Gasteiger partial charge in [-0.15, -0.1) is 0 Å². The van der Waals surface area contributed by atoms with Crippen molar-refractivity contribution in [3.8, 4) is 0 Å². The zero-order valence-electron chi connectivity index (χ0n) is 12.7. The molecular weight excluding hydrogens is 252 g/mol. The second kappa shape index (κ2) is 9.37. The van der Waals surface area contributed by atoms with E-state index in [2.05, 4.69) is 24.5 Å². The number of ether oxygens (including phenoxy) is 1. The lowest BCUT2D eigenvalue weighted by Gasteiger charge is -2.11. The van der Waals surface area contributed by atoms with Crippen molar-refractivity contribution in [2.24, 2.45) is 5.92 Å². The summed E-state index contributed by atoms with van der Waals surface area (Å²) < 4.78 is 5.48. The molecule has 0 heterocycles. The van der Waals surface area contributed by atoms with Crippen LogP contribution in [0.3, 0.4) is 0 Å². The summed E-state index contributed by atoms with van der Waals surface area (Å²) in [6.07, 6.45) is 1.05. The van der Waals surface area contributed by atoms with Crippen LogP contribution >= 0.6 is 0 Å². The Bertz CT molecular complexity index is 405. The first kappa shape index (κ1) is 16.5. The van der Waals surface area contributed by atoms with Crippen LogP contribution in [0.2, 0.25) is 0 Å². The molecule has 0 aromatic heterocycles. The van der Waals surface area contributed by atoms with Crippen LogP contribution in [0.25, 0.3) is 0 Å². The normalized spacial score (nSPS) is 10.6. The maximum atomic E-state index is 12.1. The number of carbonyl (C=O) groups is 1. The van der Waals surface area contributed by atoms with Crippen molar-refractivity contribution in [3.63, 3.8) is 0 Å². The highest BCUT2D eigenvalue weighted by molar-refractivity contribution is 5.99. The highest BCUT2D eigenvalue weighted by Gasteiger charge is 2.09. The molecule has 0 aliphatic heterocycles. The summed E-state index contributed by atoms with van der Waals surface area (Å²) in [5.74, 6) is 0.589. The molecule has 1 aromatic rings. The Labute approximate surface area is 121 Å². The van der Waals surface area contributed by atoms with Gasteiger partial charge in [0.15, 0.2) is 0 Å². The molecule has 0 fully saturated rings. The van der Waals surface area contributed by atoms with Crippen molar-refractivity contribution in [1.29, 1.82) is 0 Å². The fraction of sp³-hybridized carbons (Fsp3) is 0.562. The number of hydrogen-bond acceptors (Lipinski definition) is 3. The van der Waals surface area contributed by atoms with E-state index < -0.39 is 0 Å². The molecule has 0 spiro atoms. The average molecular weight is 278 g/mol. The van der Waals surface area contributed by atoms with Crippen LogP contribution in [-0.4, -0.2) is 32.2 Å². The quantitative estimate of drug-likeness (QED) is 0.683. The van der Waals surface area contributed by atoms with E-state index in [9.17, 15) is 4.79 Å². The third-order valence-electron chi connectivity index (χ3n) is 2.91. The summed E-state index contributed by atoms with van der Waals surface area (Å²) in [4.78, 5) is 12.1. The Morgan fingerprint density at radius 1 is 1.25 bits per heavy atom. The minimum atomic E-state index is -0.0611. The van der Waals surface area contributed by atoms with Crippen LogP contribution in [0, 0.1) is 5.92 Å². The van der Waals surface area contributed by atoms with E-state index in [0.29, 0.717) is 24.6 Å². The van der Waals surface area contributed by atoms with Crippen LogP contribution in [0.5, 0.6) is 0 Å². The van der Waals surface area contributed by atoms with Crippen molar-refractivity contribution in [2.45, 2.75) is 27.2 Å². The molecule has 0 aliphatic rings. The number of nitrogens with one attached hydrogen (secondary N) is 2. The molecule has 1 aromatic carbocycles. The third kappa shape index (κ3) is 6.06. The molecule has 0 bridgehead atoms. The summed E-state index contributed by atoms with van der Waals surface area (Å²) in [5.41, 5.74) is 1.55. The first-order valence-electron chi connectivity index (χ1n) is 7.34. The van der Waals surface area contributed by atoms with E-state index in [1.165, 1.54) is 0 Å². The smallest absolute Gasteiger partial charge is 0.253 e. The van der Waals surface area contributed by atoms with Gasteiger partial charge < -0.3 is 15.4 Å². The molecule has 4 nitrogen and oxygen atoms in total. The van der Waals surface area contributed by atoms with Gasteiger partial charge in [0.05, 0.1) is 12.2 Å². The predicted molar refractivity (Wildman–Crippen MR) is 83.2 cm³/mol. The van der Waals surface area contributed by atoms with Crippen molar-refractivity contribution in [2.75, 3.05) is 31.6 Å². The molecule has 1 amide bonds. The van der Waals surface area contributed by atoms with Gasteiger partial charge in [-0.1, -0.05) is 26.0 Å². The fourth-order valence-electron chi connectivity index (χ4n) is 1.78. The number of amides is 1. The molecule has 112 valence electrons. The maximum Gasteiger partial charge on any atom is 0.253 e. The highest BCUT2D eigenvalue weighted by Crippen LogP contribution is 2.14. The van der Waals surface area contributed by atoms with E-state index in [1.807, 2.05) is 31.2 Å². The monoisotopic (exact) mass is 278 g/mol. The van der Waals surface area contributed by atoms with Crippen LogP contribution in [0.1, 0.15) is 37.6 Å². The molecule has 2 N–H and O–H groups in total. The number of rotatable bonds is 9. The zero-order valence-corrected chi connectivity index (χ0v) is 12.7. The predicted octanol–water partition coefficient (Wildman–Crippen LogP) is 2.91. The summed E-state index contributed by atoms with van der Waals surface area (Å²) >= 11 is 0. The molecule has 4 heteroatoms. The molecule has 0 aliphatic carbocycles. The molecular formula is C16H26N2O2. The molecule has 20 heavy (non-hydrogen) atoms. The van der Waals surface area contributed by atoms with E-state index in [1.54, 1.807) is 0 Å². The highest BCUT2D eigenvalue weighted by atomic mass is 16.5. The van der Waals surface area contributed by atoms with Gasteiger partial charge >= 0.3 is 0 Å². The average Bonchev–Trinajstić information content (AvgIpc) is 2.43. The molecule has 0 unspecified atom stereocenters. The second-order valence-corrected chi connectivity index (χ2v) is 5.13. The summed E-state index contributed by atoms with van der Waals surface area (Å²) in [5, 5.41) is 6.07. The number of carbonyl (C=O) groups excluding carboxylic acids is 1. The topological polar surface area (TPSA) is 50.4 Å². The van der Waals surface area contributed by atoms with Crippen molar-refractivity contribution >= 4 is 11.6 Å². The molecule has 0 radical (unpaired) electrons. The van der Waals surface area contributed by atoms with Gasteiger partial charge in [0.25, 0.3) is 5.91 Å². The number of benzene rings is 1. The molecule has 1 rings (SSSR count). The lowest BCUT2D eigenvalue weighted by Crippen LogP contribution is -2.28. The van der Waals surface area contributed by atoms with Gasteiger partial charge in [-0.05, 0) is 31.4 Å². The Kier molecular flexibility index (Phi) is 7.73. The van der Waals surface area contributed by atoms with Gasteiger partial charge in [-0.3, -0.25) is 4.79 Å². The van der Waals surface area contributed by atoms with Crippen LogP contribution < -0.4 is 10.6 Å². The Balaban J connectivity index is 2.32. The van der Waals surface area contributed by atoms with Crippen molar-refractivity contribution in [3.05, 3.63) is 29.8 Å². The number of para-hydroxylation sites is 1. The van der Waals surface area contributed by atoms with Crippen molar-refractivity contribution < 1.29 is 9.53 Å². The minimum Gasteiger partial charge on any atom is -0.385 e. The molecule has 0 saturated carbocycles. The largest absolute Gasteiger partial charge is 0.385 e. The first-order valence-corrected chi connectivity index (χ1v) is 7.34. The summed E-state index contributed by atoms with van der Waals surface area (Å²) in [6.45, 7) is 8.99. The lowest BCUT2D eigenvalue weighted by atomic mass is 10.1. The first-order chi connectivity index (χ1) is 9.65. The van der Waals surface area contributed by atoms with Crippen LogP contribution in [-0.2, 0) is 4.74 Å². The van der Waals surface area contributed by atoms with E-state index in [-0.39, 0.29) is 5.91 Å². The summed E-state index contributed by atoms with van der Waals surface area (Å²) in [7, 11) is 0. The fourth-order valence-corrected chi connectivity index (χ4v) is 1.78. The molecule has 0 saturated heterocycles. The standard InChI is InChI=1S/C16H26N2O2/c1-4-17-15-8-6-5-7-14(15)16(19)18-10-12-20-11-9-13(2)3/h5-8,13,17H,4,9-12H2,1-3H3,(H,18,19). The maximum absolute atomic E-state index is 12.1. The lowest BCUT2D eigenvalue weighted by molar-refractivity contribution is 0.0906. The Morgan fingerprint density at radius 2 is 2.00 bits per heavy atom. The van der Waals surface area contributed by atoms with Crippen LogP contribution in [0.4, 0.5) is 5.69 Å². The Morgan fingerprint density at radius 3 is 2.70 bits per heavy atom. The SMILES string of the molecule is CCNc1ccccc1C(=O)NCCOCCC(C)C. The number of hydrogen-bond donors (Lipinski definition) is 2. The van der Waals surface area contributed by atoms with Crippen LogP contribution in [0.15, 0.2) is 24.3 Å². The van der Waals surface area contributed by atoms with Gasteiger partial charge in [0.2, 0.25) is 0 Å². The van der Waals surface area contributed by atoms with E-state index in [0.717, 1.165) is 25.3 Å². The number of anilines is 1. The minimum absolute atomic E-state index is 0.0611. The third-order valence-corrected chi connectivity index (χ3v) is 2.91. The van der Waals surface area contributed by atoms with Gasteiger partial charge in [0, 0.05) is 25.4 Å². The van der Waals surface area contributed by atoms with Gasteiger partial charge in [-0.2, -0.15) is 0 Å². The van der Waals surface area contributed by atoms with E-state index in [4.69, 9.17) is 4.74 Å². The van der Waals surface area contributed by atoms with Gasteiger partial charge in [0.1, 0.15) is 0 Å². The zero-order chi connectivity index (χ0) is 14.8. The van der Waals surface area contributed by atoms with E-state index >= 15 is 0 Å². The summed E-state index contributed by atoms with van der Waals surface area (Å²) in [6, 6.07) is 7.53. The Hall–Kier alpha value is -1.55. The molecule has 0 atom stereocenters.